The molecule has 1 unspecified atom stereocenters. The van der Waals surface area contributed by atoms with E-state index in [9.17, 15) is 4.79 Å². The number of aromatic nitrogens is 3. The minimum atomic E-state index is -0.125. The van der Waals surface area contributed by atoms with Gasteiger partial charge in [0, 0.05) is 19.3 Å². The van der Waals surface area contributed by atoms with Crippen LogP contribution in [0.3, 0.4) is 0 Å². The summed E-state index contributed by atoms with van der Waals surface area (Å²) in [5.41, 5.74) is 1.30. The van der Waals surface area contributed by atoms with Crippen molar-refractivity contribution in [2.45, 2.75) is 20.3 Å². The molecule has 2 aromatic rings. The second-order valence-corrected chi connectivity index (χ2v) is 4.72. The van der Waals surface area contributed by atoms with E-state index in [0.29, 0.717) is 18.5 Å². The molecule has 0 saturated heterocycles. The van der Waals surface area contributed by atoms with Crippen molar-refractivity contribution in [2.75, 3.05) is 13.2 Å². The molecule has 6 heteroatoms. The number of nitrogens with one attached hydrogen (secondary N) is 1. The number of aryl methyl sites for hydroxylation is 1. The van der Waals surface area contributed by atoms with Crippen LogP contribution in [0.4, 0.5) is 0 Å². The van der Waals surface area contributed by atoms with Crippen LogP contribution in [-0.2, 0) is 0 Å². The van der Waals surface area contributed by atoms with Gasteiger partial charge in [-0.3, -0.25) is 9.20 Å². The number of nitrogens with zero attached hydrogens (tertiary/aromatic N) is 3. The Labute approximate surface area is 111 Å². The van der Waals surface area contributed by atoms with Crippen molar-refractivity contribution in [1.29, 1.82) is 0 Å². The Hall–Kier alpha value is -1.95. The summed E-state index contributed by atoms with van der Waals surface area (Å²) in [6.07, 6.45) is 2.42. The quantitative estimate of drug-likeness (QED) is 0.834. The molecule has 2 rings (SSSR count). The number of aliphatic hydroxyl groups is 1. The Balaban J connectivity index is 2.06. The van der Waals surface area contributed by atoms with Crippen LogP contribution in [0.15, 0.2) is 18.3 Å². The van der Waals surface area contributed by atoms with Gasteiger partial charge >= 0.3 is 0 Å². The molecule has 2 heterocycles. The lowest BCUT2D eigenvalue weighted by molar-refractivity contribution is 0.0945. The smallest absolute Gasteiger partial charge is 0.252 e. The highest BCUT2D eigenvalue weighted by Crippen LogP contribution is 2.07. The second kappa shape index (κ2) is 5.79. The number of amides is 1. The summed E-state index contributed by atoms with van der Waals surface area (Å²) < 4.78 is 1.78. The molecule has 0 aliphatic carbocycles. The number of carbonyl (C=O) groups excluding carboxylic acids is 1. The van der Waals surface area contributed by atoms with E-state index >= 15 is 0 Å². The maximum Gasteiger partial charge on any atom is 0.252 e. The normalized spacial score (nSPS) is 12.6. The number of carbonyl (C=O) groups is 1. The Morgan fingerprint density at radius 2 is 2.26 bits per heavy atom. The van der Waals surface area contributed by atoms with E-state index in [-0.39, 0.29) is 18.4 Å². The largest absolute Gasteiger partial charge is 0.396 e. The van der Waals surface area contributed by atoms with Crippen LogP contribution in [0, 0.1) is 12.8 Å². The zero-order chi connectivity index (χ0) is 13.8. The zero-order valence-electron chi connectivity index (χ0n) is 11.1. The predicted octanol–water partition coefficient (Wildman–Crippen LogP) is 0.786. The van der Waals surface area contributed by atoms with Gasteiger partial charge in [0.15, 0.2) is 5.65 Å². The van der Waals surface area contributed by atoms with Gasteiger partial charge in [0.25, 0.3) is 5.91 Å². The molecule has 0 aliphatic rings. The molecule has 0 bridgehead atoms. The van der Waals surface area contributed by atoms with E-state index < -0.39 is 0 Å². The van der Waals surface area contributed by atoms with Crippen LogP contribution in [0.1, 0.15) is 29.5 Å². The van der Waals surface area contributed by atoms with Crippen molar-refractivity contribution >= 4 is 11.6 Å². The van der Waals surface area contributed by atoms with Crippen molar-refractivity contribution < 1.29 is 9.90 Å². The lowest BCUT2D eigenvalue weighted by atomic mass is 10.1. The SMILES string of the molecule is Cc1nnc2ccc(C(=O)NCC(C)CCO)cn12. The molecule has 19 heavy (non-hydrogen) atoms. The summed E-state index contributed by atoms with van der Waals surface area (Å²) in [5, 5.41) is 19.6. The summed E-state index contributed by atoms with van der Waals surface area (Å²) in [6, 6.07) is 3.50. The summed E-state index contributed by atoms with van der Waals surface area (Å²) in [7, 11) is 0. The first kappa shape index (κ1) is 13.5. The van der Waals surface area contributed by atoms with Gasteiger partial charge in [-0.25, -0.2) is 0 Å². The van der Waals surface area contributed by atoms with Crippen molar-refractivity contribution in [1.82, 2.24) is 19.9 Å². The summed E-state index contributed by atoms with van der Waals surface area (Å²) in [5.74, 6) is 0.882. The fraction of sp³-hybridized carbons (Fsp3) is 0.462. The highest BCUT2D eigenvalue weighted by Gasteiger charge is 2.10. The monoisotopic (exact) mass is 262 g/mol. The molecule has 1 atom stereocenters. The van der Waals surface area contributed by atoms with Crippen LogP contribution in [0.5, 0.6) is 0 Å². The molecule has 0 radical (unpaired) electrons. The molecule has 0 saturated carbocycles. The van der Waals surface area contributed by atoms with E-state index in [2.05, 4.69) is 15.5 Å². The third kappa shape index (κ3) is 3.08. The van der Waals surface area contributed by atoms with Crippen LogP contribution < -0.4 is 5.32 Å². The maximum absolute atomic E-state index is 12.0. The molecular formula is C13H18N4O2. The molecule has 0 aliphatic heterocycles. The van der Waals surface area contributed by atoms with Gasteiger partial charge in [-0.1, -0.05) is 6.92 Å². The van der Waals surface area contributed by atoms with E-state index in [4.69, 9.17) is 5.11 Å². The number of aliphatic hydroxyl groups excluding tert-OH is 1. The molecule has 0 fully saturated rings. The maximum atomic E-state index is 12.0. The molecule has 1 amide bonds. The Kier molecular flexibility index (Phi) is 4.11. The van der Waals surface area contributed by atoms with Gasteiger partial charge in [-0.05, 0) is 31.4 Å². The average molecular weight is 262 g/mol. The fourth-order valence-corrected chi connectivity index (χ4v) is 1.83. The number of fused-ring (bicyclic) bond motifs is 1. The lowest BCUT2D eigenvalue weighted by Gasteiger charge is -2.11. The van der Waals surface area contributed by atoms with Crippen LogP contribution in [-0.4, -0.2) is 38.8 Å². The number of hydrogen-bond acceptors (Lipinski definition) is 4. The van der Waals surface area contributed by atoms with Crippen LogP contribution in [0.2, 0.25) is 0 Å². The van der Waals surface area contributed by atoms with Crippen LogP contribution in [0.25, 0.3) is 5.65 Å². The van der Waals surface area contributed by atoms with Gasteiger partial charge in [0.1, 0.15) is 5.82 Å². The van der Waals surface area contributed by atoms with Crippen LogP contribution >= 0.6 is 0 Å². The Morgan fingerprint density at radius 3 is 3.00 bits per heavy atom. The van der Waals surface area contributed by atoms with Crippen molar-refractivity contribution in [3.8, 4) is 0 Å². The molecular weight excluding hydrogens is 244 g/mol. The second-order valence-electron chi connectivity index (χ2n) is 4.72. The minimum absolute atomic E-state index is 0.125. The third-order valence-corrected chi connectivity index (χ3v) is 3.07. The third-order valence-electron chi connectivity index (χ3n) is 3.07. The first-order valence-corrected chi connectivity index (χ1v) is 6.32. The summed E-state index contributed by atoms with van der Waals surface area (Å²) in [6.45, 7) is 4.52. The van der Waals surface area contributed by atoms with Gasteiger partial charge in [0.05, 0.1) is 5.56 Å². The number of pyridine rings is 1. The average Bonchev–Trinajstić information content (AvgIpc) is 2.78. The fourth-order valence-electron chi connectivity index (χ4n) is 1.83. The lowest BCUT2D eigenvalue weighted by Crippen LogP contribution is -2.28. The first-order chi connectivity index (χ1) is 9.11. The highest BCUT2D eigenvalue weighted by atomic mass is 16.3. The van der Waals surface area contributed by atoms with Crippen molar-refractivity contribution in [3.05, 3.63) is 29.7 Å². The number of rotatable bonds is 5. The zero-order valence-corrected chi connectivity index (χ0v) is 11.1. The summed E-state index contributed by atoms with van der Waals surface area (Å²) >= 11 is 0. The van der Waals surface area contributed by atoms with Crippen molar-refractivity contribution in [3.63, 3.8) is 0 Å². The predicted molar refractivity (Wildman–Crippen MR) is 70.9 cm³/mol. The van der Waals surface area contributed by atoms with Gasteiger partial charge in [-0.2, -0.15) is 0 Å². The minimum Gasteiger partial charge on any atom is -0.396 e. The van der Waals surface area contributed by atoms with E-state index in [1.807, 2.05) is 13.8 Å². The van der Waals surface area contributed by atoms with Crippen molar-refractivity contribution in [2.24, 2.45) is 5.92 Å². The molecule has 2 aromatic heterocycles. The van der Waals surface area contributed by atoms with Gasteiger partial charge in [-0.15, -0.1) is 10.2 Å². The van der Waals surface area contributed by atoms with Gasteiger partial charge < -0.3 is 10.4 Å². The standard InChI is InChI=1S/C13H18N4O2/c1-9(5-6-18)7-14-13(19)11-3-4-12-16-15-10(2)17(12)8-11/h3-4,8-9,18H,5-7H2,1-2H3,(H,14,19). The molecule has 0 spiro atoms. The van der Waals surface area contributed by atoms with E-state index in [1.54, 1.807) is 22.7 Å². The molecule has 2 N–H and O–H groups in total. The molecule has 102 valence electrons. The molecule has 6 nitrogen and oxygen atoms in total. The highest BCUT2D eigenvalue weighted by molar-refractivity contribution is 5.94. The first-order valence-electron chi connectivity index (χ1n) is 6.32. The Bertz CT molecular complexity index is 579. The topological polar surface area (TPSA) is 79.5 Å². The van der Waals surface area contributed by atoms with E-state index in [0.717, 1.165) is 11.5 Å². The molecule has 0 aromatic carbocycles. The Morgan fingerprint density at radius 1 is 1.47 bits per heavy atom. The van der Waals surface area contributed by atoms with E-state index in [1.165, 1.54) is 0 Å². The summed E-state index contributed by atoms with van der Waals surface area (Å²) in [4.78, 5) is 12.0. The number of hydrogen-bond donors (Lipinski definition) is 2. The van der Waals surface area contributed by atoms with Gasteiger partial charge in [0.2, 0.25) is 0 Å².